The molecule has 1 aromatic heterocycles. The van der Waals surface area contributed by atoms with Crippen LogP contribution in [0.5, 0.6) is 0 Å². The van der Waals surface area contributed by atoms with E-state index in [2.05, 4.69) is 31.2 Å². The van der Waals surface area contributed by atoms with Gasteiger partial charge in [0.15, 0.2) is 0 Å². The summed E-state index contributed by atoms with van der Waals surface area (Å²) in [5.74, 6) is 4.71. The zero-order chi connectivity index (χ0) is 14.7. The molecule has 1 aromatic carbocycles. The molecule has 0 aliphatic heterocycles. The highest BCUT2D eigenvalue weighted by Crippen LogP contribution is 2.61. The van der Waals surface area contributed by atoms with Crippen molar-refractivity contribution in [3.63, 3.8) is 0 Å². The molecule has 0 N–H and O–H groups in total. The number of halogens is 1. The largest absolute Gasteiger partial charge is 0.441 e. The second-order valence-electron chi connectivity index (χ2n) is 7.99. The van der Waals surface area contributed by atoms with Gasteiger partial charge in [0.1, 0.15) is 5.76 Å². The van der Waals surface area contributed by atoms with Crippen molar-refractivity contribution in [1.82, 2.24) is 4.98 Å². The molecule has 4 saturated carbocycles. The Bertz CT molecular complexity index is 670. The highest BCUT2D eigenvalue weighted by Gasteiger charge is 2.53. The number of rotatable bonds is 2. The summed E-state index contributed by atoms with van der Waals surface area (Å²) in [5, 5.41) is 0. The average molecular weight is 330 g/mol. The quantitative estimate of drug-likeness (QED) is 0.723. The second-order valence-corrected chi connectivity index (χ2v) is 7.99. The summed E-state index contributed by atoms with van der Waals surface area (Å²) < 4.78 is 6.08. The van der Waals surface area contributed by atoms with Crippen LogP contribution in [0.15, 0.2) is 34.7 Å². The number of benzene rings is 1. The van der Waals surface area contributed by atoms with Crippen LogP contribution in [0.25, 0.3) is 11.5 Å². The van der Waals surface area contributed by atoms with Gasteiger partial charge in [0.2, 0.25) is 5.89 Å². The Balaban J connectivity index is 0.00000135. The zero-order valence-corrected chi connectivity index (χ0v) is 14.4. The first-order chi connectivity index (χ1) is 10.7. The minimum Gasteiger partial charge on any atom is -0.441 e. The van der Waals surface area contributed by atoms with Crippen LogP contribution in [0.1, 0.15) is 50.0 Å². The van der Waals surface area contributed by atoms with Crippen LogP contribution < -0.4 is 0 Å². The standard InChI is InChI=1S/C20H23NO.ClH/c1-13-18(21-19(22-13)17-5-3-2-4-6-17)20-10-14-7-15(11-20)9-16(8-14)12-20;/h2-6,14-16H,7-12H2,1H3;1H. The van der Waals surface area contributed by atoms with E-state index in [0.29, 0.717) is 5.41 Å². The maximum absolute atomic E-state index is 6.08. The smallest absolute Gasteiger partial charge is 0.226 e. The van der Waals surface area contributed by atoms with Crippen molar-refractivity contribution in [2.45, 2.75) is 50.9 Å². The third-order valence-corrected chi connectivity index (χ3v) is 6.36. The molecule has 0 amide bonds. The molecule has 23 heavy (non-hydrogen) atoms. The van der Waals surface area contributed by atoms with Crippen LogP contribution in [0.2, 0.25) is 0 Å². The lowest BCUT2D eigenvalue weighted by atomic mass is 9.48. The molecule has 4 aliphatic rings. The summed E-state index contributed by atoms with van der Waals surface area (Å²) in [7, 11) is 0. The van der Waals surface area contributed by atoms with Gasteiger partial charge in [-0.2, -0.15) is 0 Å². The zero-order valence-electron chi connectivity index (χ0n) is 13.6. The lowest BCUT2D eigenvalue weighted by molar-refractivity contribution is -0.00759. The molecule has 3 heteroatoms. The van der Waals surface area contributed by atoms with Crippen molar-refractivity contribution in [3.05, 3.63) is 41.8 Å². The van der Waals surface area contributed by atoms with E-state index in [1.54, 1.807) is 0 Å². The van der Waals surface area contributed by atoms with Crippen LogP contribution in [-0.4, -0.2) is 4.98 Å². The maximum atomic E-state index is 6.08. The van der Waals surface area contributed by atoms with Gasteiger partial charge in [0.25, 0.3) is 0 Å². The predicted molar refractivity (Wildman–Crippen MR) is 93.8 cm³/mol. The van der Waals surface area contributed by atoms with Crippen LogP contribution in [-0.2, 0) is 5.41 Å². The molecule has 4 bridgehead atoms. The summed E-state index contributed by atoms with van der Waals surface area (Å²) in [6.45, 7) is 2.12. The van der Waals surface area contributed by atoms with Gasteiger partial charge in [-0.05, 0) is 75.3 Å². The SMILES string of the molecule is Cc1oc(-c2ccccc2)nc1C12CC3CC(CC(C3)C1)C2.Cl. The number of hydrogen-bond donors (Lipinski definition) is 0. The van der Waals surface area contributed by atoms with E-state index >= 15 is 0 Å². The molecule has 122 valence electrons. The molecule has 2 aromatic rings. The van der Waals surface area contributed by atoms with Gasteiger partial charge >= 0.3 is 0 Å². The molecule has 0 saturated heterocycles. The molecule has 0 unspecified atom stereocenters. The third-order valence-electron chi connectivity index (χ3n) is 6.36. The van der Waals surface area contributed by atoms with E-state index in [1.807, 2.05) is 6.07 Å². The third kappa shape index (κ3) is 2.34. The summed E-state index contributed by atoms with van der Waals surface area (Å²) in [6, 6.07) is 10.3. The van der Waals surface area contributed by atoms with Crippen LogP contribution in [0, 0.1) is 24.7 Å². The molecular formula is C20H24ClNO. The lowest BCUT2D eigenvalue weighted by Gasteiger charge is -2.56. The van der Waals surface area contributed by atoms with Gasteiger partial charge in [0, 0.05) is 11.0 Å². The van der Waals surface area contributed by atoms with Crippen molar-refractivity contribution >= 4 is 12.4 Å². The highest BCUT2D eigenvalue weighted by molar-refractivity contribution is 5.85. The number of hydrogen-bond acceptors (Lipinski definition) is 2. The Morgan fingerprint density at radius 3 is 2.09 bits per heavy atom. The number of aromatic nitrogens is 1. The van der Waals surface area contributed by atoms with E-state index in [1.165, 1.54) is 44.2 Å². The second kappa shape index (κ2) is 5.37. The minimum absolute atomic E-state index is 0. The van der Waals surface area contributed by atoms with Gasteiger partial charge < -0.3 is 4.42 Å². The van der Waals surface area contributed by atoms with Gasteiger partial charge in [-0.3, -0.25) is 0 Å². The topological polar surface area (TPSA) is 26.0 Å². The van der Waals surface area contributed by atoms with Crippen molar-refractivity contribution in [3.8, 4) is 11.5 Å². The monoisotopic (exact) mass is 329 g/mol. The average Bonchev–Trinajstić information content (AvgIpc) is 2.90. The number of aryl methyl sites for hydroxylation is 1. The Hall–Kier alpha value is -1.28. The summed E-state index contributed by atoms with van der Waals surface area (Å²) >= 11 is 0. The summed E-state index contributed by atoms with van der Waals surface area (Å²) in [4.78, 5) is 5.00. The van der Waals surface area contributed by atoms with Gasteiger partial charge in [0.05, 0.1) is 5.69 Å². The Kier molecular flexibility index (Phi) is 3.57. The molecular weight excluding hydrogens is 306 g/mol. The molecule has 1 heterocycles. The van der Waals surface area contributed by atoms with E-state index in [9.17, 15) is 0 Å². The Morgan fingerprint density at radius 1 is 0.957 bits per heavy atom. The van der Waals surface area contributed by atoms with Crippen molar-refractivity contribution in [2.75, 3.05) is 0 Å². The molecule has 4 fully saturated rings. The van der Waals surface area contributed by atoms with Crippen LogP contribution >= 0.6 is 12.4 Å². The molecule has 0 spiro atoms. The lowest BCUT2D eigenvalue weighted by Crippen LogP contribution is -2.49. The number of nitrogens with zero attached hydrogens (tertiary/aromatic N) is 1. The fourth-order valence-electron chi connectivity index (χ4n) is 5.99. The van der Waals surface area contributed by atoms with Gasteiger partial charge in [-0.15, -0.1) is 12.4 Å². The molecule has 4 aliphatic carbocycles. The van der Waals surface area contributed by atoms with E-state index < -0.39 is 0 Å². The predicted octanol–water partition coefficient (Wildman–Crippen LogP) is 5.54. The first kappa shape index (κ1) is 15.3. The Morgan fingerprint density at radius 2 is 1.52 bits per heavy atom. The van der Waals surface area contributed by atoms with Crippen molar-refractivity contribution < 1.29 is 4.42 Å². The van der Waals surface area contributed by atoms with E-state index in [-0.39, 0.29) is 12.4 Å². The van der Waals surface area contributed by atoms with Gasteiger partial charge in [-0.25, -0.2) is 4.98 Å². The normalized spacial score (nSPS) is 34.4. The highest BCUT2D eigenvalue weighted by atomic mass is 35.5. The number of oxazole rings is 1. The maximum Gasteiger partial charge on any atom is 0.226 e. The summed E-state index contributed by atoms with van der Waals surface area (Å²) in [5.41, 5.74) is 2.71. The summed E-state index contributed by atoms with van der Waals surface area (Å²) in [6.07, 6.45) is 8.47. The fraction of sp³-hybridized carbons (Fsp3) is 0.550. The molecule has 2 nitrogen and oxygen atoms in total. The molecule has 0 radical (unpaired) electrons. The van der Waals surface area contributed by atoms with Crippen molar-refractivity contribution in [2.24, 2.45) is 17.8 Å². The van der Waals surface area contributed by atoms with E-state index in [0.717, 1.165) is 35.0 Å². The van der Waals surface area contributed by atoms with Crippen LogP contribution in [0.4, 0.5) is 0 Å². The van der Waals surface area contributed by atoms with Gasteiger partial charge in [-0.1, -0.05) is 18.2 Å². The fourth-order valence-corrected chi connectivity index (χ4v) is 5.99. The van der Waals surface area contributed by atoms with Crippen molar-refractivity contribution in [1.29, 1.82) is 0 Å². The molecule has 0 atom stereocenters. The van der Waals surface area contributed by atoms with E-state index in [4.69, 9.17) is 9.40 Å². The first-order valence-electron chi connectivity index (χ1n) is 8.75. The van der Waals surface area contributed by atoms with Crippen LogP contribution in [0.3, 0.4) is 0 Å². The molecule has 6 rings (SSSR count). The Labute approximate surface area is 144 Å². The first-order valence-corrected chi connectivity index (χ1v) is 8.75. The minimum atomic E-state index is 0.